The second-order valence-corrected chi connectivity index (χ2v) is 1.90. The molecular weight excluding hydrogens is 162 g/mol. The molecule has 0 bridgehead atoms. The summed E-state index contributed by atoms with van der Waals surface area (Å²) >= 11 is 5.24. The van der Waals surface area contributed by atoms with Crippen molar-refractivity contribution in [3.8, 4) is 0 Å². The van der Waals surface area contributed by atoms with E-state index in [1.165, 1.54) is 7.05 Å². The number of nitrogens with one attached hydrogen (secondary N) is 1. The Morgan fingerprint density at radius 2 is 2.30 bits per heavy atom. The predicted octanol–water partition coefficient (Wildman–Crippen LogP) is 1.11. The second kappa shape index (κ2) is 5.41. The average molecular weight is 171 g/mol. The van der Waals surface area contributed by atoms with E-state index in [0.717, 1.165) is 0 Å². The quantitative estimate of drug-likeness (QED) is 0.383. The van der Waals surface area contributed by atoms with Gasteiger partial charge < -0.3 is 5.32 Å². The predicted molar refractivity (Wildman–Crippen MR) is 38.1 cm³/mol. The average Bonchev–Trinajstić information content (AvgIpc) is 1.89. The van der Waals surface area contributed by atoms with Crippen molar-refractivity contribution in [2.45, 2.75) is 6.43 Å². The number of aliphatic imine (C=N–C) groups is 1. The van der Waals surface area contributed by atoms with Crippen molar-refractivity contribution in [2.75, 3.05) is 19.5 Å². The van der Waals surface area contributed by atoms with Crippen molar-refractivity contribution in [2.24, 2.45) is 4.99 Å². The van der Waals surface area contributed by atoms with Gasteiger partial charge in [0, 0.05) is 19.5 Å². The molecule has 0 aliphatic carbocycles. The van der Waals surface area contributed by atoms with Crippen LogP contribution in [-0.4, -0.2) is 31.7 Å². The Labute approximate surface area is 63.3 Å². The van der Waals surface area contributed by atoms with Crippen LogP contribution in [0.5, 0.6) is 0 Å². The van der Waals surface area contributed by atoms with Gasteiger partial charge in [-0.25, -0.2) is 8.78 Å². The van der Waals surface area contributed by atoms with Crippen LogP contribution in [0.3, 0.4) is 0 Å². The van der Waals surface area contributed by atoms with Gasteiger partial charge in [0.2, 0.25) is 0 Å². The number of hydrogen-bond acceptors (Lipinski definition) is 1. The van der Waals surface area contributed by atoms with Gasteiger partial charge in [0.25, 0.3) is 6.43 Å². The van der Waals surface area contributed by atoms with Crippen LogP contribution in [-0.2, 0) is 0 Å². The highest BCUT2D eigenvalue weighted by atomic mass is 35.5. The molecule has 0 heterocycles. The number of nitrogens with zero attached hydrogens (tertiary/aromatic N) is 1. The summed E-state index contributed by atoms with van der Waals surface area (Å²) in [6, 6.07) is 0. The molecule has 0 atom stereocenters. The minimum Gasteiger partial charge on any atom is -0.368 e. The highest BCUT2D eigenvalue weighted by Gasteiger charge is 2.09. The summed E-state index contributed by atoms with van der Waals surface area (Å²) in [4.78, 5) is 3.32. The Kier molecular flexibility index (Phi) is 5.20. The molecule has 0 radical (unpaired) electrons. The lowest BCUT2D eigenvalue weighted by Crippen LogP contribution is -2.31. The molecule has 0 aromatic rings. The van der Waals surface area contributed by atoms with Crippen LogP contribution in [0.25, 0.3) is 0 Å². The normalized spacial score (nSPS) is 12.3. The maximum absolute atomic E-state index is 11.8. The molecule has 0 spiro atoms. The first-order valence-electron chi connectivity index (χ1n) is 2.77. The molecule has 2 nitrogen and oxygen atoms in total. The van der Waals surface area contributed by atoms with E-state index in [4.69, 9.17) is 11.6 Å². The van der Waals surface area contributed by atoms with Gasteiger partial charge >= 0.3 is 0 Å². The summed E-state index contributed by atoms with van der Waals surface area (Å²) in [5.74, 6) is -0.00759. The van der Waals surface area contributed by atoms with Crippen molar-refractivity contribution in [3.05, 3.63) is 0 Å². The summed E-state index contributed by atoms with van der Waals surface area (Å²) in [7, 11) is 1.31. The number of halogens is 3. The largest absolute Gasteiger partial charge is 0.368 e. The molecule has 60 valence electrons. The smallest absolute Gasteiger partial charge is 0.294 e. The van der Waals surface area contributed by atoms with Crippen molar-refractivity contribution in [1.29, 1.82) is 0 Å². The van der Waals surface area contributed by atoms with Gasteiger partial charge in [0.15, 0.2) is 5.84 Å². The van der Waals surface area contributed by atoms with Gasteiger partial charge in [-0.15, -0.1) is 11.6 Å². The van der Waals surface area contributed by atoms with Crippen LogP contribution >= 0.6 is 11.6 Å². The number of alkyl halides is 3. The minimum atomic E-state index is -2.53. The van der Waals surface area contributed by atoms with Crippen LogP contribution in [0.1, 0.15) is 0 Å². The highest BCUT2D eigenvalue weighted by molar-refractivity contribution is 6.18. The topological polar surface area (TPSA) is 24.4 Å². The van der Waals surface area contributed by atoms with Crippen LogP contribution in [0.15, 0.2) is 4.99 Å². The first-order valence-corrected chi connectivity index (χ1v) is 3.30. The zero-order chi connectivity index (χ0) is 7.98. The molecular formula is C5H9ClF2N2. The van der Waals surface area contributed by atoms with E-state index in [0.29, 0.717) is 12.4 Å². The van der Waals surface area contributed by atoms with Gasteiger partial charge in [0.05, 0.1) is 0 Å². The fourth-order valence-corrected chi connectivity index (χ4v) is 0.524. The molecule has 0 saturated carbocycles. The lowest BCUT2D eigenvalue weighted by molar-refractivity contribution is 0.220. The van der Waals surface area contributed by atoms with Crippen molar-refractivity contribution in [1.82, 2.24) is 5.32 Å². The lowest BCUT2D eigenvalue weighted by atomic mass is 10.5. The zero-order valence-electron chi connectivity index (χ0n) is 5.57. The molecule has 0 unspecified atom stereocenters. The monoisotopic (exact) mass is 170 g/mol. The van der Waals surface area contributed by atoms with Gasteiger partial charge in [-0.1, -0.05) is 0 Å². The first kappa shape index (κ1) is 9.62. The Bertz CT molecular complexity index is 116. The molecule has 0 rings (SSSR count). The van der Waals surface area contributed by atoms with E-state index in [-0.39, 0.29) is 5.84 Å². The number of hydrogen-bond donors (Lipinski definition) is 1. The van der Waals surface area contributed by atoms with Gasteiger partial charge in [0.1, 0.15) is 0 Å². The van der Waals surface area contributed by atoms with Gasteiger partial charge in [-0.05, 0) is 0 Å². The molecule has 0 fully saturated rings. The Morgan fingerprint density at radius 1 is 1.70 bits per heavy atom. The summed E-state index contributed by atoms with van der Waals surface area (Å²) in [6.07, 6.45) is -2.53. The molecule has 0 aliphatic rings. The van der Waals surface area contributed by atoms with Crippen molar-refractivity contribution < 1.29 is 8.78 Å². The molecule has 0 aliphatic heterocycles. The van der Waals surface area contributed by atoms with Gasteiger partial charge in [-0.2, -0.15) is 0 Å². The summed E-state index contributed by atoms with van der Waals surface area (Å²) in [6.45, 7) is 0.318. The van der Waals surface area contributed by atoms with Crippen LogP contribution in [0.4, 0.5) is 8.78 Å². The van der Waals surface area contributed by atoms with E-state index in [1.807, 2.05) is 0 Å². The number of amidine groups is 1. The summed E-state index contributed by atoms with van der Waals surface area (Å²) in [5, 5.41) is 2.39. The Morgan fingerprint density at radius 3 is 2.60 bits per heavy atom. The third kappa shape index (κ3) is 3.61. The van der Waals surface area contributed by atoms with E-state index in [1.54, 1.807) is 0 Å². The maximum Gasteiger partial charge on any atom is 0.294 e. The van der Waals surface area contributed by atoms with E-state index >= 15 is 0 Å². The molecule has 0 saturated heterocycles. The van der Waals surface area contributed by atoms with E-state index in [2.05, 4.69) is 10.3 Å². The molecule has 0 amide bonds. The molecule has 1 N–H and O–H groups in total. The van der Waals surface area contributed by atoms with E-state index in [9.17, 15) is 8.78 Å². The van der Waals surface area contributed by atoms with Crippen LogP contribution < -0.4 is 5.32 Å². The third-order valence-corrected chi connectivity index (χ3v) is 1.04. The summed E-state index contributed by atoms with van der Waals surface area (Å²) < 4.78 is 23.6. The Balaban J connectivity index is 3.63. The minimum absolute atomic E-state index is 0.297. The first-order chi connectivity index (χ1) is 4.72. The second-order valence-electron chi connectivity index (χ2n) is 1.53. The number of rotatable bonds is 3. The lowest BCUT2D eigenvalue weighted by Gasteiger charge is -2.04. The standard InChI is InChI=1S/C5H9ClF2N2/c1-9-5(4(7)8)10-3-2-6/h4H,2-3H2,1H3,(H,9,10). The zero-order valence-corrected chi connectivity index (χ0v) is 6.33. The maximum atomic E-state index is 11.8. The molecule has 10 heavy (non-hydrogen) atoms. The SMILES string of the molecule is CN=C(NCCCl)C(F)F. The fourth-order valence-electron chi connectivity index (χ4n) is 0.429. The fraction of sp³-hybridized carbons (Fsp3) is 0.800. The van der Waals surface area contributed by atoms with Crippen molar-refractivity contribution >= 4 is 17.4 Å². The third-order valence-electron chi connectivity index (χ3n) is 0.848. The van der Waals surface area contributed by atoms with Gasteiger partial charge in [-0.3, -0.25) is 4.99 Å². The van der Waals surface area contributed by atoms with Crippen LogP contribution in [0.2, 0.25) is 0 Å². The highest BCUT2D eigenvalue weighted by Crippen LogP contribution is 1.92. The van der Waals surface area contributed by atoms with E-state index < -0.39 is 6.43 Å². The summed E-state index contributed by atoms with van der Waals surface area (Å²) in [5.41, 5.74) is 0. The molecule has 5 heteroatoms. The molecule has 0 aromatic heterocycles. The van der Waals surface area contributed by atoms with Crippen LogP contribution in [0, 0.1) is 0 Å². The molecule has 0 aromatic carbocycles. The Hall–Kier alpha value is -0.380. The van der Waals surface area contributed by atoms with Crippen molar-refractivity contribution in [3.63, 3.8) is 0 Å².